The number of hydrogen-bond acceptors (Lipinski definition) is 3. The summed E-state index contributed by atoms with van der Waals surface area (Å²) in [5.74, 6) is -0.0802. The fraction of sp³-hybridized carbons (Fsp3) is 0.500. The molecule has 0 aromatic heterocycles. The van der Waals surface area contributed by atoms with Gasteiger partial charge in [0.15, 0.2) is 11.6 Å². The highest BCUT2D eigenvalue weighted by molar-refractivity contribution is 5.29. The summed E-state index contributed by atoms with van der Waals surface area (Å²) in [6.45, 7) is 2.32. The average molecular weight is 227 g/mol. The summed E-state index contributed by atoms with van der Waals surface area (Å²) in [5, 5.41) is 11.9. The van der Waals surface area contributed by atoms with Crippen molar-refractivity contribution >= 4 is 0 Å². The summed E-state index contributed by atoms with van der Waals surface area (Å²) < 4.78 is 18.6. The summed E-state index contributed by atoms with van der Waals surface area (Å²) in [5.41, 5.74) is 0.962. The summed E-state index contributed by atoms with van der Waals surface area (Å²) >= 11 is 0. The number of benzene rings is 1. The fourth-order valence-corrected chi connectivity index (χ4v) is 1.36. The number of aryl methyl sites for hydroxylation is 1. The van der Waals surface area contributed by atoms with Crippen molar-refractivity contribution in [3.05, 3.63) is 29.6 Å². The smallest absolute Gasteiger partial charge is 0.165 e. The molecule has 1 rings (SSSR count). The minimum Gasteiger partial charge on any atom is -0.490 e. The van der Waals surface area contributed by atoms with Crippen molar-refractivity contribution in [1.82, 2.24) is 5.32 Å². The third-order valence-corrected chi connectivity index (χ3v) is 2.44. The molecule has 0 amide bonds. The minimum absolute atomic E-state index is 0.00660. The van der Waals surface area contributed by atoms with Crippen LogP contribution in [0.15, 0.2) is 18.2 Å². The van der Waals surface area contributed by atoms with E-state index in [0.717, 1.165) is 5.56 Å². The number of nitrogens with one attached hydrogen (secondary N) is 1. The Kier molecular flexibility index (Phi) is 5.22. The van der Waals surface area contributed by atoms with E-state index in [1.807, 2.05) is 6.92 Å². The van der Waals surface area contributed by atoms with E-state index in [1.54, 1.807) is 19.2 Å². The SMILES string of the molecule is CNC(CO)CCOc1cc(C)ccc1F. The van der Waals surface area contributed by atoms with Crippen molar-refractivity contribution in [2.24, 2.45) is 0 Å². The number of aliphatic hydroxyl groups excluding tert-OH is 1. The Labute approximate surface area is 95.2 Å². The lowest BCUT2D eigenvalue weighted by Crippen LogP contribution is -2.30. The van der Waals surface area contributed by atoms with E-state index in [1.165, 1.54) is 6.07 Å². The molecule has 0 radical (unpaired) electrons. The van der Waals surface area contributed by atoms with Gasteiger partial charge in [-0.05, 0) is 38.1 Å². The predicted octanol–water partition coefficient (Wildman–Crippen LogP) is 1.48. The summed E-state index contributed by atoms with van der Waals surface area (Å²) in [6.07, 6.45) is 0.639. The van der Waals surface area contributed by atoms with Gasteiger partial charge in [-0.2, -0.15) is 0 Å². The summed E-state index contributed by atoms with van der Waals surface area (Å²) in [4.78, 5) is 0. The highest BCUT2D eigenvalue weighted by atomic mass is 19.1. The highest BCUT2D eigenvalue weighted by Crippen LogP contribution is 2.18. The Hall–Kier alpha value is -1.13. The number of hydrogen-bond donors (Lipinski definition) is 2. The van der Waals surface area contributed by atoms with E-state index in [4.69, 9.17) is 9.84 Å². The Morgan fingerprint density at radius 2 is 2.25 bits per heavy atom. The maximum atomic E-state index is 13.3. The molecule has 0 saturated carbocycles. The summed E-state index contributed by atoms with van der Waals surface area (Å²) in [7, 11) is 1.77. The third-order valence-electron chi connectivity index (χ3n) is 2.44. The van der Waals surface area contributed by atoms with Gasteiger partial charge in [0.05, 0.1) is 13.2 Å². The Morgan fingerprint density at radius 1 is 1.50 bits per heavy atom. The van der Waals surface area contributed by atoms with Crippen LogP contribution in [0.1, 0.15) is 12.0 Å². The molecule has 1 aromatic rings. The van der Waals surface area contributed by atoms with Crippen molar-refractivity contribution in [2.45, 2.75) is 19.4 Å². The zero-order valence-corrected chi connectivity index (χ0v) is 9.66. The first-order chi connectivity index (χ1) is 7.67. The Balaban J connectivity index is 2.45. The number of likely N-dealkylation sites (N-methyl/N-ethyl adjacent to an activating group) is 1. The lowest BCUT2D eigenvalue weighted by molar-refractivity contribution is 0.211. The van der Waals surface area contributed by atoms with Gasteiger partial charge < -0.3 is 15.2 Å². The van der Waals surface area contributed by atoms with Gasteiger partial charge in [-0.15, -0.1) is 0 Å². The molecule has 1 atom stereocenters. The van der Waals surface area contributed by atoms with Crippen LogP contribution in [0.2, 0.25) is 0 Å². The van der Waals surface area contributed by atoms with Crippen molar-refractivity contribution < 1.29 is 14.2 Å². The van der Waals surface area contributed by atoms with Gasteiger partial charge in [-0.1, -0.05) is 6.07 Å². The van der Waals surface area contributed by atoms with Crippen molar-refractivity contribution in [1.29, 1.82) is 0 Å². The molecular weight excluding hydrogens is 209 g/mol. The molecule has 0 saturated heterocycles. The molecule has 2 N–H and O–H groups in total. The van der Waals surface area contributed by atoms with E-state index in [-0.39, 0.29) is 24.2 Å². The third kappa shape index (κ3) is 3.79. The number of ether oxygens (including phenoxy) is 1. The topological polar surface area (TPSA) is 41.5 Å². The predicted molar refractivity (Wildman–Crippen MR) is 61.2 cm³/mol. The molecule has 16 heavy (non-hydrogen) atoms. The average Bonchev–Trinajstić information content (AvgIpc) is 2.29. The van der Waals surface area contributed by atoms with Gasteiger partial charge in [0.1, 0.15) is 0 Å². The second-order valence-electron chi connectivity index (χ2n) is 3.74. The number of rotatable bonds is 6. The second-order valence-corrected chi connectivity index (χ2v) is 3.74. The molecule has 0 aliphatic rings. The van der Waals surface area contributed by atoms with Gasteiger partial charge in [0.25, 0.3) is 0 Å². The van der Waals surface area contributed by atoms with Gasteiger partial charge in [-0.25, -0.2) is 4.39 Å². The lowest BCUT2D eigenvalue weighted by atomic mass is 10.2. The summed E-state index contributed by atoms with van der Waals surface area (Å²) in [6, 6.07) is 4.76. The molecule has 0 aliphatic heterocycles. The first kappa shape index (κ1) is 12.9. The first-order valence-corrected chi connectivity index (χ1v) is 5.34. The van der Waals surface area contributed by atoms with Crippen molar-refractivity contribution in [3.63, 3.8) is 0 Å². The van der Waals surface area contributed by atoms with Crippen LogP contribution in [0.5, 0.6) is 5.75 Å². The monoisotopic (exact) mass is 227 g/mol. The maximum Gasteiger partial charge on any atom is 0.165 e. The highest BCUT2D eigenvalue weighted by Gasteiger charge is 2.06. The largest absolute Gasteiger partial charge is 0.490 e. The van der Waals surface area contributed by atoms with Crippen LogP contribution in [0.25, 0.3) is 0 Å². The van der Waals surface area contributed by atoms with E-state index in [0.29, 0.717) is 13.0 Å². The number of aliphatic hydroxyl groups is 1. The normalized spacial score (nSPS) is 12.5. The molecule has 90 valence electrons. The van der Waals surface area contributed by atoms with E-state index >= 15 is 0 Å². The number of halogens is 1. The molecular formula is C12H18FNO2. The molecule has 1 unspecified atom stereocenters. The standard InChI is InChI=1S/C12H18FNO2/c1-9-3-4-11(13)12(7-9)16-6-5-10(8-15)14-2/h3-4,7,10,14-15H,5-6,8H2,1-2H3. The minimum atomic E-state index is -0.351. The van der Waals surface area contributed by atoms with Crippen molar-refractivity contribution in [3.8, 4) is 5.75 Å². The maximum absolute atomic E-state index is 13.3. The molecule has 0 heterocycles. The Morgan fingerprint density at radius 3 is 2.88 bits per heavy atom. The zero-order valence-electron chi connectivity index (χ0n) is 9.66. The van der Waals surface area contributed by atoms with Gasteiger partial charge >= 0.3 is 0 Å². The first-order valence-electron chi connectivity index (χ1n) is 5.34. The molecule has 0 spiro atoms. The molecule has 0 fully saturated rings. The molecule has 3 nitrogen and oxygen atoms in total. The molecule has 0 bridgehead atoms. The Bertz CT molecular complexity index is 327. The van der Waals surface area contributed by atoms with Gasteiger partial charge in [-0.3, -0.25) is 0 Å². The van der Waals surface area contributed by atoms with Gasteiger partial charge in [0, 0.05) is 6.04 Å². The van der Waals surface area contributed by atoms with E-state index in [9.17, 15) is 4.39 Å². The van der Waals surface area contributed by atoms with Gasteiger partial charge in [0.2, 0.25) is 0 Å². The van der Waals surface area contributed by atoms with Crippen LogP contribution in [0.3, 0.4) is 0 Å². The van der Waals surface area contributed by atoms with Crippen molar-refractivity contribution in [2.75, 3.05) is 20.3 Å². The van der Waals surface area contributed by atoms with Crippen LogP contribution in [0, 0.1) is 12.7 Å². The molecule has 4 heteroatoms. The zero-order chi connectivity index (χ0) is 12.0. The molecule has 0 aliphatic carbocycles. The van der Waals surface area contributed by atoms with E-state index < -0.39 is 0 Å². The quantitative estimate of drug-likeness (QED) is 0.773. The van der Waals surface area contributed by atoms with Crippen LogP contribution in [-0.2, 0) is 0 Å². The van der Waals surface area contributed by atoms with Crippen LogP contribution in [-0.4, -0.2) is 31.4 Å². The van der Waals surface area contributed by atoms with Crippen LogP contribution >= 0.6 is 0 Å². The molecule has 1 aromatic carbocycles. The fourth-order valence-electron chi connectivity index (χ4n) is 1.36. The second kappa shape index (κ2) is 6.45. The van der Waals surface area contributed by atoms with Crippen LogP contribution < -0.4 is 10.1 Å². The van der Waals surface area contributed by atoms with Crippen LogP contribution in [0.4, 0.5) is 4.39 Å². The lowest BCUT2D eigenvalue weighted by Gasteiger charge is -2.14. The van der Waals surface area contributed by atoms with E-state index in [2.05, 4.69) is 5.32 Å².